The second-order valence-electron chi connectivity index (χ2n) is 7.19. The predicted molar refractivity (Wildman–Crippen MR) is 99.1 cm³/mol. The van der Waals surface area contributed by atoms with Crippen molar-refractivity contribution in [2.45, 2.75) is 56.4 Å². The molecule has 140 valence electrons. The minimum Gasteiger partial charge on any atom is -0.338 e. The summed E-state index contributed by atoms with van der Waals surface area (Å²) in [5.41, 5.74) is 5.60. The molecule has 0 unspecified atom stereocenters. The van der Waals surface area contributed by atoms with Crippen LogP contribution in [-0.4, -0.2) is 55.2 Å². The van der Waals surface area contributed by atoms with Gasteiger partial charge in [0.2, 0.25) is 15.9 Å². The minimum absolute atomic E-state index is 0.00759. The predicted octanol–water partition coefficient (Wildman–Crippen LogP) is 1.86. The summed E-state index contributed by atoms with van der Waals surface area (Å²) in [4.78, 5) is 16.8. The van der Waals surface area contributed by atoms with Crippen LogP contribution in [0.25, 0.3) is 0 Å². The Balaban J connectivity index is 1.67. The molecule has 1 aliphatic carbocycles. The number of aryl methyl sites for hydroxylation is 2. The molecule has 25 heavy (non-hydrogen) atoms. The molecule has 6 nitrogen and oxygen atoms in total. The van der Waals surface area contributed by atoms with Gasteiger partial charge in [0.05, 0.1) is 10.4 Å². The molecule has 1 saturated heterocycles. The number of nitrogens with two attached hydrogens (primary N) is 1. The number of hydrogen-bond acceptors (Lipinski definition) is 5. The molecule has 0 radical (unpaired) electrons. The summed E-state index contributed by atoms with van der Waals surface area (Å²) in [6.45, 7) is 5.25. The van der Waals surface area contributed by atoms with E-state index in [4.69, 9.17) is 5.73 Å². The zero-order valence-electron chi connectivity index (χ0n) is 15.0. The van der Waals surface area contributed by atoms with Crippen molar-refractivity contribution in [3.8, 4) is 0 Å². The highest BCUT2D eigenvalue weighted by Gasteiger charge is 2.40. The van der Waals surface area contributed by atoms with E-state index in [0.717, 1.165) is 41.9 Å². The lowest BCUT2D eigenvalue weighted by Crippen LogP contribution is -2.60. The van der Waals surface area contributed by atoms with Gasteiger partial charge in [0.25, 0.3) is 0 Å². The monoisotopic (exact) mass is 385 g/mol. The number of carbonyl (C=O) groups excluding carboxylic acids is 1. The fourth-order valence-corrected chi connectivity index (χ4v) is 6.79. The van der Waals surface area contributed by atoms with Gasteiger partial charge < -0.3 is 10.6 Å². The highest BCUT2D eigenvalue weighted by molar-refractivity contribution is 7.89. The van der Waals surface area contributed by atoms with E-state index in [0.29, 0.717) is 31.1 Å². The molecule has 1 aromatic heterocycles. The Morgan fingerprint density at radius 2 is 1.72 bits per heavy atom. The first-order valence-corrected chi connectivity index (χ1v) is 11.2. The van der Waals surface area contributed by atoms with Gasteiger partial charge in [-0.15, -0.1) is 11.3 Å². The number of piperazine rings is 1. The second-order valence-corrected chi connectivity index (χ2v) is 10.6. The summed E-state index contributed by atoms with van der Waals surface area (Å²) >= 11 is 1.50. The number of rotatable bonds is 3. The van der Waals surface area contributed by atoms with Gasteiger partial charge in [0.1, 0.15) is 0 Å². The molecular weight excluding hydrogens is 358 g/mol. The normalized spacial score (nSPS) is 22.1. The Labute approximate surface area is 154 Å². The molecule has 3 rings (SSSR count). The van der Waals surface area contributed by atoms with Gasteiger partial charge in [-0.1, -0.05) is 19.3 Å². The number of nitrogens with zero attached hydrogens (tertiary/aromatic N) is 2. The molecular formula is C17H27N3O3S2. The minimum atomic E-state index is -3.49. The first kappa shape index (κ1) is 18.8. The Bertz CT molecular complexity index is 743. The number of hydrogen-bond donors (Lipinski definition) is 1. The average Bonchev–Trinajstić information content (AvgIpc) is 2.94. The van der Waals surface area contributed by atoms with Crippen molar-refractivity contribution in [2.24, 2.45) is 5.73 Å². The first-order valence-electron chi connectivity index (χ1n) is 8.89. The first-order chi connectivity index (χ1) is 11.7. The smallest absolute Gasteiger partial charge is 0.244 e. The van der Waals surface area contributed by atoms with Crippen LogP contribution in [-0.2, 0) is 14.8 Å². The van der Waals surface area contributed by atoms with Crippen molar-refractivity contribution in [3.63, 3.8) is 0 Å². The lowest BCUT2D eigenvalue weighted by molar-refractivity contribution is -0.139. The van der Waals surface area contributed by atoms with Crippen LogP contribution in [0, 0.1) is 13.8 Å². The maximum Gasteiger partial charge on any atom is 0.244 e. The quantitative estimate of drug-likeness (QED) is 0.861. The van der Waals surface area contributed by atoms with E-state index in [1.807, 2.05) is 13.8 Å². The fraction of sp³-hybridized carbons (Fsp3) is 0.706. The molecule has 2 fully saturated rings. The number of thiophene rings is 1. The zero-order chi connectivity index (χ0) is 18.2. The molecule has 1 amide bonds. The number of amides is 1. The van der Waals surface area contributed by atoms with Crippen molar-refractivity contribution in [3.05, 3.63) is 15.8 Å². The van der Waals surface area contributed by atoms with E-state index in [1.54, 1.807) is 11.0 Å². The maximum absolute atomic E-state index is 12.9. The van der Waals surface area contributed by atoms with E-state index in [-0.39, 0.29) is 5.91 Å². The lowest BCUT2D eigenvalue weighted by atomic mass is 9.81. The van der Waals surface area contributed by atoms with Gasteiger partial charge in [-0.25, -0.2) is 8.42 Å². The van der Waals surface area contributed by atoms with Crippen LogP contribution in [0.3, 0.4) is 0 Å². The number of carbonyl (C=O) groups is 1. The molecule has 2 heterocycles. The zero-order valence-corrected chi connectivity index (χ0v) is 16.6. The van der Waals surface area contributed by atoms with Gasteiger partial charge in [-0.05, 0) is 32.8 Å². The van der Waals surface area contributed by atoms with Crippen LogP contribution in [0.4, 0.5) is 0 Å². The lowest BCUT2D eigenvalue weighted by Gasteiger charge is -2.40. The van der Waals surface area contributed by atoms with Gasteiger partial charge >= 0.3 is 0 Å². The van der Waals surface area contributed by atoms with Crippen LogP contribution in [0.15, 0.2) is 11.0 Å². The van der Waals surface area contributed by atoms with Crippen molar-refractivity contribution >= 4 is 27.3 Å². The van der Waals surface area contributed by atoms with Crippen molar-refractivity contribution < 1.29 is 13.2 Å². The highest BCUT2D eigenvalue weighted by Crippen LogP contribution is 2.30. The highest BCUT2D eigenvalue weighted by atomic mass is 32.2. The van der Waals surface area contributed by atoms with Gasteiger partial charge in [0.15, 0.2) is 0 Å². The van der Waals surface area contributed by atoms with Crippen LogP contribution in [0.1, 0.15) is 41.9 Å². The topological polar surface area (TPSA) is 83.7 Å². The molecule has 2 aliphatic rings. The third-order valence-electron chi connectivity index (χ3n) is 5.31. The number of sulfonamides is 1. The van der Waals surface area contributed by atoms with E-state index < -0.39 is 15.6 Å². The van der Waals surface area contributed by atoms with E-state index >= 15 is 0 Å². The molecule has 0 bridgehead atoms. The standard InChI is InChI=1S/C17H27N3O3S2/c1-13-12-15(14(2)24-13)25(22,23)20-10-8-19(9-11-20)16(21)17(18)6-4-3-5-7-17/h12H,3-11,18H2,1-2H3. The molecule has 0 spiro atoms. The van der Waals surface area contributed by atoms with Gasteiger partial charge in [-0.2, -0.15) is 4.31 Å². The molecule has 1 aliphatic heterocycles. The Morgan fingerprint density at radius 3 is 2.24 bits per heavy atom. The van der Waals surface area contributed by atoms with Gasteiger partial charge in [-0.3, -0.25) is 4.79 Å². The summed E-state index contributed by atoms with van der Waals surface area (Å²) in [6.07, 6.45) is 4.59. The van der Waals surface area contributed by atoms with Crippen LogP contribution < -0.4 is 5.73 Å². The SMILES string of the molecule is Cc1cc(S(=O)(=O)N2CCN(C(=O)C3(N)CCCCC3)CC2)c(C)s1. The molecule has 2 N–H and O–H groups in total. The van der Waals surface area contributed by atoms with Gasteiger partial charge in [0, 0.05) is 35.9 Å². The molecule has 1 saturated carbocycles. The fourth-order valence-electron chi connectivity index (χ4n) is 3.85. The third kappa shape index (κ3) is 3.63. The molecule has 0 atom stereocenters. The van der Waals surface area contributed by atoms with E-state index in [9.17, 15) is 13.2 Å². The second kappa shape index (κ2) is 6.98. The molecule has 1 aromatic rings. The largest absolute Gasteiger partial charge is 0.338 e. The van der Waals surface area contributed by atoms with E-state index in [2.05, 4.69) is 0 Å². The summed E-state index contributed by atoms with van der Waals surface area (Å²) in [6, 6.07) is 1.74. The van der Waals surface area contributed by atoms with Crippen molar-refractivity contribution in [2.75, 3.05) is 26.2 Å². The Morgan fingerprint density at radius 1 is 1.12 bits per heavy atom. The summed E-state index contributed by atoms with van der Waals surface area (Å²) < 4.78 is 27.2. The Hall–Kier alpha value is -0.960. The third-order valence-corrected chi connectivity index (χ3v) is 8.43. The summed E-state index contributed by atoms with van der Waals surface area (Å²) in [5, 5.41) is 0. The molecule has 8 heteroatoms. The summed E-state index contributed by atoms with van der Waals surface area (Å²) in [7, 11) is -3.49. The Kier molecular flexibility index (Phi) is 5.26. The average molecular weight is 386 g/mol. The van der Waals surface area contributed by atoms with Crippen LogP contribution in [0.2, 0.25) is 0 Å². The van der Waals surface area contributed by atoms with Crippen LogP contribution in [0.5, 0.6) is 0 Å². The van der Waals surface area contributed by atoms with Crippen LogP contribution >= 0.6 is 11.3 Å². The maximum atomic E-state index is 12.9. The molecule has 0 aromatic carbocycles. The van der Waals surface area contributed by atoms with Crippen molar-refractivity contribution in [1.82, 2.24) is 9.21 Å². The van der Waals surface area contributed by atoms with Crippen molar-refractivity contribution in [1.29, 1.82) is 0 Å². The van der Waals surface area contributed by atoms with E-state index in [1.165, 1.54) is 15.6 Å². The summed E-state index contributed by atoms with van der Waals surface area (Å²) in [5.74, 6) is -0.00759.